The number of anilines is 1. The van der Waals surface area contributed by atoms with E-state index in [9.17, 15) is 18.0 Å². The lowest BCUT2D eigenvalue weighted by Gasteiger charge is -2.33. The first-order valence-electron chi connectivity index (χ1n) is 10.4. The summed E-state index contributed by atoms with van der Waals surface area (Å²) < 4.78 is 26.0. The first kappa shape index (κ1) is 25.7. The number of carbonyl (C=O) groups excluding carboxylic acids is 2. The fourth-order valence-corrected chi connectivity index (χ4v) is 4.48. The van der Waals surface area contributed by atoms with E-state index < -0.39 is 28.5 Å². The molecule has 32 heavy (non-hydrogen) atoms. The maximum atomic E-state index is 13.5. The maximum absolute atomic E-state index is 13.5. The Labute approximate surface area is 195 Å². The van der Waals surface area contributed by atoms with Gasteiger partial charge in [0.05, 0.1) is 17.0 Å². The number of carbonyl (C=O) groups is 2. The van der Waals surface area contributed by atoms with Crippen LogP contribution in [0.4, 0.5) is 5.69 Å². The second-order valence-electron chi connectivity index (χ2n) is 7.82. The molecule has 9 heteroatoms. The van der Waals surface area contributed by atoms with Crippen LogP contribution in [0.3, 0.4) is 0 Å². The monoisotopic (exact) mass is 479 g/mol. The van der Waals surface area contributed by atoms with Gasteiger partial charge in [-0.05, 0) is 38.0 Å². The van der Waals surface area contributed by atoms with Crippen molar-refractivity contribution in [3.63, 3.8) is 0 Å². The number of sulfonamides is 1. The largest absolute Gasteiger partial charge is 0.352 e. The molecule has 0 saturated heterocycles. The van der Waals surface area contributed by atoms with E-state index in [0.717, 1.165) is 16.1 Å². The summed E-state index contributed by atoms with van der Waals surface area (Å²) in [6.07, 6.45) is 1.40. The Kier molecular flexibility index (Phi) is 9.09. The second kappa shape index (κ2) is 11.3. The van der Waals surface area contributed by atoms with Gasteiger partial charge in [-0.25, -0.2) is 8.42 Å². The molecule has 2 rings (SSSR count). The molecule has 0 spiro atoms. The van der Waals surface area contributed by atoms with Crippen LogP contribution in [0.2, 0.25) is 5.02 Å². The molecule has 2 amide bonds. The molecule has 0 aliphatic rings. The Bertz CT molecular complexity index is 1030. The van der Waals surface area contributed by atoms with Gasteiger partial charge in [0.1, 0.15) is 12.6 Å². The van der Waals surface area contributed by atoms with E-state index in [1.807, 2.05) is 51.1 Å². The number of benzene rings is 2. The van der Waals surface area contributed by atoms with E-state index in [1.54, 1.807) is 24.3 Å². The number of halogens is 1. The van der Waals surface area contributed by atoms with Gasteiger partial charge >= 0.3 is 0 Å². The normalized spacial score (nSPS) is 12.3. The Balaban J connectivity index is 2.43. The van der Waals surface area contributed by atoms with E-state index in [0.29, 0.717) is 6.42 Å². The molecule has 0 radical (unpaired) electrons. The SMILES string of the molecule is CC[C@H](C(=O)NC(C)C)N(Cc1ccccc1)C(=O)CN(c1ccccc1Cl)S(C)(=O)=O. The van der Waals surface area contributed by atoms with E-state index in [2.05, 4.69) is 5.32 Å². The second-order valence-corrected chi connectivity index (χ2v) is 10.1. The van der Waals surface area contributed by atoms with Crippen LogP contribution in [-0.2, 0) is 26.2 Å². The summed E-state index contributed by atoms with van der Waals surface area (Å²) >= 11 is 6.22. The van der Waals surface area contributed by atoms with Crippen LogP contribution in [0.5, 0.6) is 0 Å². The van der Waals surface area contributed by atoms with Gasteiger partial charge in [-0.3, -0.25) is 13.9 Å². The fourth-order valence-electron chi connectivity index (χ4n) is 3.33. The minimum absolute atomic E-state index is 0.0964. The summed E-state index contributed by atoms with van der Waals surface area (Å²) in [6, 6.07) is 14.9. The number of nitrogens with one attached hydrogen (secondary N) is 1. The van der Waals surface area contributed by atoms with E-state index in [-0.39, 0.29) is 29.2 Å². The van der Waals surface area contributed by atoms with Crippen molar-refractivity contribution in [2.24, 2.45) is 0 Å². The number of amides is 2. The van der Waals surface area contributed by atoms with Crippen molar-refractivity contribution in [1.82, 2.24) is 10.2 Å². The number of para-hydroxylation sites is 1. The highest BCUT2D eigenvalue weighted by atomic mass is 35.5. The Morgan fingerprint density at radius 3 is 2.16 bits per heavy atom. The third kappa shape index (κ3) is 6.97. The van der Waals surface area contributed by atoms with Crippen LogP contribution < -0.4 is 9.62 Å². The van der Waals surface area contributed by atoms with Crippen LogP contribution in [0.15, 0.2) is 54.6 Å². The zero-order valence-corrected chi connectivity index (χ0v) is 20.4. The number of hydrogen-bond acceptors (Lipinski definition) is 4. The minimum Gasteiger partial charge on any atom is -0.352 e. The summed E-state index contributed by atoms with van der Waals surface area (Å²) in [6.45, 7) is 5.20. The minimum atomic E-state index is -3.81. The molecular formula is C23H30ClN3O4S. The molecule has 7 nitrogen and oxygen atoms in total. The molecule has 0 saturated carbocycles. The van der Waals surface area contributed by atoms with Gasteiger partial charge in [-0.2, -0.15) is 0 Å². The maximum Gasteiger partial charge on any atom is 0.244 e. The third-order valence-electron chi connectivity index (χ3n) is 4.81. The molecule has 0 aromatic heterocycles. The highest BCUT2D eigenvalue weighted by Crippen LogP contribution is 2.27. The highest BCUT2D eigenvalue weighted by molar-refractivity contribution is 7.92. The number of nitrogens with zero attached hydrogens (tertiary/aromatic N) is 2. The molecule has 0 aliphatic heterocycles. The average Bonchev–Trinajstić information content (AvgIpc) is 2.71. The molecule has 174 valence electrons. The van der Waals surface area contributed by atoms with Crippen molar-refractivity contribution in [2.75, 3.05) is 17.1 Å². The van der Waals surface area contributed by atoms with E-state index in [1.165, 1.54) is 4.90 Å². The van der Waals surface area contributed by atoms with Crippen molar-refractivity contribution in [1.29, 1.82) is 0 Å². The van der Waals surface area contributed by atoms with Crippen LogP contribution in [0, 0.1) is 0 Å². The van der Waals surface area contributed by atoms with Gasteiger partial charge < -0.3 is 10.2 Å². The molecular weight excluding hydrogens is 450 g/mol. The molecule has 0 aliphatic carbocycles. The third-order valence-corrected chi connectivity index (χ3v) is 6.26. The topological polar surface area (TPSA) is 86.8 Å². The summed E-state index contributed by atoms with van der Waals surface area (Å²) in [5.41, 5.74) is 1.05. The van der Waals surface area contributed by atoms with Gasteiger partial charge in [-0.1, -0.05) is 61.0 Å². The lowest BCUT2D eigenvalue weighted by molar-refractivity contribution is -0.140. The van der Waals surface area contributed by atoms with Crippen molar-refractivity contribution in [2.45, 2.75) is 45.8 Å². The molecule has 1 atom stereocenters. The molecule has 0 fully saturated rings. The zero-order chi connectivity index (χ0) is 23.9. The van der Waals surface area contributed by atoms with Gasteiger partial charge in [0, 0.05) is 12.6 Å². The molecule has 0 unspecified atom stereocenters. The van der Waals surface area contributed by atoms with Gasteiger partial charge in [-0.15, -0.1) is 0 Å². The van der Waals surface area contributed by atoms with Crippen LogP contribution in [-0.4, -0.2) is 50.0 Å². The summed E-state index contributed by atoms with van der Waals surface area (Å²) in [7, 11) is -3.81. The Morgan fingerprint density at radius 1 is 1.03 bits per heavy atom. The molecule has 2 aromatic rings. The zero-order valence-electron chi connectivity index (χ0n) is 18.8. The van der Waals surface area contributed by atoms with Gasteiger partial charge in [0.15, 0.2) is 0 Å². The predicted molar refractivity (Wildman–Crippen MR) is 128 cm³/mol. The van der Waals surface area contributed by atoms with E-state index >= 15 is 0 Å². The summed E-state index contributed by atoms with van der Waals surface area (Å²) in [5, 5.41) is 3.07. The predicted octanol–water partition coefficient (Wildman–Crippen LogP) is 3.44. The molecule has 0 heterocycles. The standard InChI is InChI=1S/C23H30ClN3O4S/c1-5-20(23(29)25-17(2)3)26(15-18-11-7-6-8-12-18)22(28)16-27(32(4,30)31)21-14-10-9-13-19(21)24/h6-14,17,20H,5,15-16H2,1-4H3,(H,25,29)/t20-/m1/s1. The van der Waals surface area contributed by atoms with Gasteiger partial charge in [0.2, 0.25) is 21.8 Å². The molecule has 0 bridgehead atoms. The molecule has 1 N–H and O–H groups in total. The first-order valence-corrected chi connectivity index (χ1v) is 12.6. The molecule has 2 aromatic carbocycles. The summed E-state index contributed by atoms with van der Waals surface area (Å²) in [5.74, 6) is -0.777. The highest BCUT2D eigenvalue weighted by Gasteiger charge is 2.32. The lowest BCUT2D eigenvalue weighted by atomic mass is 10.1. The van der Waals surface area contributed by atoms with Crippen molar-refractivity contribution < 1.29 is 18.0 Å². The fraction of sp³-hybridized carbons (Fsp3) is 0.391. The van der Waals surface area contributed by atoms with Crippen LogP contribution in [0.25, 0.3) is 0 Å². The van der Waals surface area contributed by atoms with Crippen molar-refractivity contribution in [3.05, 3.63) is 65.2 Å². The quantitative estimate of drug-likeness (QED) is 0.565. The van der Waals surface area contributed by atoms with Crippen molar-refractivity contribution in [3.8, 4) is 0 Å². The Hall–Kier alpha value is -2.58. The first-order chi connectivity index (χ1) is 15.0. The van der Waals surface area contributed by atoms with E-state index in [4.69, 9.17) is 11.6 Å². The van der Waals surface area contributed by atoms with Gasteiger partial charge in [0.25, 0.3) is 0 Å². The van der Waals surface area contributed by atoms with Crippen molar-refractivity contribution >= 4 is 39.1 Å². The summed E-state index contributed by atoms with van der Waals surface area (Å²) in [4.78, 5) is 27.8. The van der Waals surface area contributed by atoms with Crippen LogP contribution >= 0.6 is 11.6 Å². The average molecular weight is 480 g/mol. The number of rotatable bonds is 10. The number of hydrogen-bond donors (Lipinski definition) is 1. The Morgan fingerprint density at radius 2 is 1.62 bits per heavy atom. The lowest BCUT2D eigenvalue weighted by Crippen LogP contribution is -2.53. The smallest absolute Gasteiger partial charge is 0.244 e. The van der Waals surface area contributed by atoms with Crippen LogP contribution in [0.1, 0.15) is 32.8 Å².